The lowest BCUT2D eigenvalue weighted by Crippen LogP contribution is -2.47. The van der Waals surface area contributed by atoms with Crippen molar-refractivity contribution in [3.8, 4) is 0 Å². The van der Waals surface area contributed by atoms with Crippen molar-refractivity contribution in [3.05, 3.63) is 0 Å². The van der Waals surface area contributed by atoms with E-state index in [0.717, 1.165) is 25.2 Å². The maximum Gasteiger partial charge on any atom is 0.315 e. The van der Waals surface area contributed by atoms with Crippen LogP contribution in [0.15, 0.2) is 0 Å². The molecule has 5 heteroatoms. The van der Waals surface area contributed by atoms with E-state index in [1.807, 2.05) is 0 Å². The van der Waals surface area contributed by atoms with Crippen LogP contribution in [-0.4, -0.2) is 29.2 Å². The number of rotatable bonds is 5. The molecule has 2 amide bonds. The molecule has 0 unspecified atom stereocenters. The van der Waals surface area contributed by atoms with E-state index in [4.69, 9.17) is 5.11 Å². The molecule has 0 bridgehead atoms. The predicted octanol–water partition coefficient (Wildman–Crippen LogP) is 3.29. The number of urea groups is 1. The van der Waals surface area contributed by atoms with Crippen LogP contribution in [0.1, 0.15) is 71.1 Å². The van der Waals surface area contributed by atoms with Crippen LogP contribution in [0.25, 0.3) is 0 Å². The van der Waals surface area contributed by atoms with Gasteiger partial charge in [0.25, 0.3) is 0 Å². The maximum atomic E-state index is 12.0. The van der Waals surface area contributed by atoms with Gasteiger partial charge in [-0.15, -0.1) is 0 Å². The van der Waals surface area contributed by atoms with Crippen LogP contribution in [0, 0.1) is 11.8 Å². The van der Waals surface area contributed by atoms with E-state index >= 15 is 0 Å². The smallest absolute Gasteiger partial charge is 0.315 e. The molecular weight excluding hydrogens is 280 g/mol. The first kappa shape index (κ1) is 17.1. The van der Waals surface area contributed by atoms with Gasteiger partial charge in [-0.1, -0.05) is 32.1 Å². The van der Waals surface area contributed by atoms with E-state index in [9.17, 15) is 9.59 Å². The Labute approximate surface area is 133 Å². The standard InChI is InChI=1S/C17H30N2O3/c1-12(11-13-5-3-2-4-6-13)18-17(22)19-15-9-7-14(8-10-15)16(20)21/h12-15H,2-11H2,1H3,(H,20,21)(H2,18,19,22)/t12-,14?,15?/m1/s1. The van der Waals surface area contributed by atoms with Gasteiger partial charge in [0.15, 0.2) is 0 Å². The zero-order valence-electron chi connectivity index (χ0n) is 13.6. The molecule has 0 aromatic carbocycles. The van der Waals surface area contributed by atoms with Gasteiger partial charge in [0.1, 0.15) is 0 Å². The Morgan fingerprint density at radius 2 is 1.68 bits per heavy atom. The number of carboxylic acid groups (broad SMARTS) is 1. The van der Waals surface area contributed by atoms with E-state index in [2.05, 4.69) is 17.6 Å². The lowest BCUT2D eigenvalue weighted by molar-refractivity contribution is -0.142. The van der Waals surface area contributed by atoms with Crippen molar-refractivity contribution in [2.24, 2.45) is 11.8 Å². The predicted molar refractivity (Wildman–Crippen MR) is 85.7 cm³/mol. The molecule has 5 nitrogen and oxygen atoms in total. The number of hydrogen-bond acceptors (Lipinski definition) is 2. The van der Waals surface area contributed by atoms with Crippen LogP contribution < -0.4 is 10.6 Å². The summed E-state index contributed by atoms with van der Waals surface area (Å²) in [6, 6.07) is 0.234. The van der Waals surface area contributed by atoms with Crippen LogP contribution in [0.2, 0.25) is 0 Å². The summed E-state index contributed by atoms with van der Waals surface area (Å²) in [5.74, 6) is -0.176. The molecule has 2 fully saturated rings. The summed E-state index contributed by atoms with van der Waals surface area (Å²) >= 11 is 0. The molecule has 2 aliphatic carbocycles. The number of carboxylic acids is 1. The zero-order valence-corrected chi connectivity index (χ0v) is 13.6. The van der Waals surface area contributed by atoms with Gasteiger partial charge in [-0.05, 0) is 44.9 Å². The van der Waals surface area contributed by atoms with Crippen molar-refractivity contribution in [1.29, 1.82) is 0 Å². The summed E-state index contributed by atoms with van der Waals surface area (Å²) in [4.78, 5) is 23.0. The Morgan fingerprint density at radius 1 is 1.05 bits per heavy atom. The molecule has 22 heavy (non-hydrogen) atoms. The van der Waals surface area contributed by atoms with Gasteiger partial charge < -0.3 is 15.7 Å². The van der Waals surface area contributed by atoms with Gasteiger partial charge in [0, 0.05) is 12.1 Å². The van der Waals surface area contributed by atoms with E-state index in [-0.39, 0.29) is 24.0 Å². The quantitative estimate of drug-likeness (QED) is 0.729. The fourth-order valence-corrected chi connectivity index (χ4v) is 3.92. The normalized spacial score (nSPS) is 27.9. The molecule has 0 aromatic rings. The summed E-state index contributed by atoms with van der Waals surface area (Å²) in [6.07, 6.45) is 10.5. The Balaban J connectivity index is 1.64. The highest BCUT2D eigenvalue weighted by Crippen LogP contribution is 2.27. The van der Waals surface area contributed by atoms with Crippen molar-refractivity contribution in [2.75, 3.05) is 0 Å². The van der Waals surface area contributed by atoms with E-state index < -0.39 is 5.97 Å². The third-order valence-electron chi connectivity index (χ3n) is 5.20. The summed E-state index contributed by atoms with van der Waals surface area (Å²) in [5.41, 5.74) is 0. The van der Waals surface area contributed by atoms with Crippen molar-refractivity contribution >= 4 is 12.0 Å². The van der Waals surface area contributed by atoms with Gasteiger partial charge >= 0.3 is 12.0 Å². The number of nitrogens with one attached hydrogen (secondary N) is 2. The second kappa shape index (κ2) is 8.39. The number of amides is 2. The van der Waals surface area contributed by atoms with Crippen LogP contribution in [0.5, 0.6) is 0 Å². The highest BCUT2D eigenvalue weighted by molar-refractivity contribution is 5.74. The number of aliphatic carboxylic acids is 1. The van der Waals surface area contributed by atoms with Crippen LogP contribution >= 0.6 is 0 Å². The highest BCUT2D eigenvalue weighted by atomic mass is 16.4. The minimum Gasteiger partial charge on any atom is -0.481 e. The van der Waals surface area contributed by atoms with Gasteiger partial charge in [0.2, 0.25) is 0 Å². The van der Waals surface area contributed by atoms with Gasteiger partial charge in [-0.25, -0.2) is 4.79 Å². The first-order chi connectivity index (χ1) is 10.5. The lowest BCUT2D eigenvalue weighted by Gasteiger charge is -2.28. The van der Waals surface area contributed by atoms with Gasteiger partial charge in [0.05, 0.1) is 5.92 Å². The average molecular weight is 310 g/mol. The third kappa shape index (κ3) is 5.50. The van der Waals surface area contributed by atoms with Gasteiger partial charge in [-0.2, -0.15) is 0 Å². The van der Waals surface area contributed by atoms with Crippen molar-refractivity contribution in [3.63, 3.8) is 0 Å². The first-order valence-electron chi connectivity index (χ1n) is 8.84. The average Bonchev–Trinajstić information content (AvgIpc) is 2.48. The minimum atomic E-state index is -0.705. The molecule has 2 saturated carbocycles. The van der Waals surface area contributed by atoms with Gasteiger partial charge in [-0.3, -0.25) is 4.79 Å². The molecule has 3 N–H and O–H groups in total. The number of hydrogen-bond donors (Lipinski definition) is 3. The monoisotopic (exact) mass is 310 g/mol. The highest BCUT2D eigenvalue weighted by Gasteiger charge is 2.27. The Morgan fingerprint density at radius 3 is 2.27 bits per heavy atom. The van der Waals surface area contributed by atoms with Crippen molar-refractivity contribution in [1.82, 2.24) is 10.6 Å². The molecule has 1 atom stereocenters. The lowest BCUT2D eigenvalue weighted by atomic mass is 9.85. The summed E-state index contributed by atoms with van der Waals surface area (Å²) in [5, 5.41) is 15.0. The number of carbonyl (C=O) groups is 2. The summed E-state index contributed by atoms with van der Waals surface area (Å²) in [7, 11) is 0. The molecule has 0 saturated heterocycles. The molecular formula is C17H30N2O3. The van der Waals surface area contributed by atoms with Crippen molar-refractivity contribution in [2.45, 2.75) is 83.2 Å². The van der Waals surface area contributed by atoms with E-state index in [1.54, 1.807) is 0 Å². The third-order valence-corrected chi connectivity index (χ3v) is 5.20. The number of carbonyl (C=O) groups excluding carboxylic acids is 1. The van der Waals surface area contributed by atoms with Crippen LogP contribution in [0.4, 0.5) is 4.79 Å². The van der Waals surface area contributed by atoms with Crippen LogP contribution in [0.3, 0.4) is 0 Å². The Kier molecular flexibility index (Phi) is 6.52. The maximum absolute atomic E-state index is 12.0. The molecule has 0 aliphatic heterocycles. The molecule has 0 heterocycles. The topological polar surface area (TPSA) is 78.4 Å². The van der Waals surface area contributed by atoms with E-state index in [0.29, 0.717) is 12.8 Å². The van der Waals surface area contributed by atoms with Crippen molar-refractivity contribution < 1.29 is 14.7 Å². The second-order valence-corrected chi connectivity index (χ2v) is 7.15. The minimum absolute atomic E-state index is 0.0953. The summed E-state index contributed by atoms with van der Waals surface area (Å²) in [6.45, 7) is 2.08. The molecule has 2 aliphatic rings. The molecule has 2 rings (SSSR count). The Hall–Kier alpha value is -1.26. The largest absolute Gasteiger partial charge is 0.481 e. The Bertz CT molecular complexity index is 372. The zero-order chi connectivity index (χ0) is 15.9. The molecule has 126 valence electrons. The fraction of sp³-hybridized carbons (Fsp3) is 0.882. The second-order valence-electron chi connectivity index (χ2n) is 7.15. The molecule has 0 aromatic heterocycles. The first-order valence-corrected chi connectivity index (χ1v) is 8.84. The summed E-state index contributed by atoms with van der Waals surface area (Å²) < 4.78 is 0. The van der Waals surface area contributed by atoms with E-state index in [1.165, 1.54) is 32.1 Å². The fourth-order valence-electron chi connectivity index (χ4n) is 3.92. The SMILES string of the molecule is C[C@H](CC1CCCCC1)NC(=O)NC1CCC(C(=O)O)CC1. The molecule has 0 radical (unpaired) electrons. The molecule has 0 spiro atoms. The van der Waals surface area contributed by atoms with Crippen LogP contribution in [-0.2, 0) is 4.79 Å².